The summed E-state index contributed by atoms with van der Waals surface area (Å²) in [6.07, 6.45) is 0.981. The standard InChI is InChI=1S/C14H22N2S/c1-11-3-4-14(13(9-11)5-6-15)16-7-8-17-12(2)10-16/h3-4,9,12H,5-8,10,15H2,1-2H3. The van der Waals surface area contributed by atoms with Crippen molar-refractivity contribution in [3.05, 3.63) is 29.3 Å². The molecular formula is C14H22N2S. The number of thioether (sulfide) groups is 1. The van der Waals surface area contributed by atoms with Crippen molar-refractivity contribution in [3.63, 3.8) is 0 Å². The molecule has 1 heterocycles. The fourth-order valence-corrected chi connectivity index (χ4v) is 3.43. The van der Waals surface area contributed by atoms with E-state index in [1.54, 1.807) is 0 Å². The normalized spacial score (nSPS) is 20.6. The molecule has 17 heavy (non-hydrogen) atoms. The third-order valence-corrected chi connectivity index (χ3v) is 4.37. The van der Waals surface area contributed by atoms with Crippen LogP contribution in [0.15, 0.2) is 18.2 Å². The van der Waals surface area contributed by atoms with Crippen molar-refractivity contribution in [2.45, 2.75) is 25.5 Å². The van der Waals surface area contributed by atoms with Gasteiger partial charge in [-0.1, -0.05) is 24.6 Å². The second-order valence-electron chi connectivity index (χ2n) is 4.80. The summed E-state index contributed by atoms with van der Waals surface area (Å²) in [4.78, 5) is 2.52. The molecule has 1 atom stereocenters. The van der Waals surface area contributed by atoms with E-state index in [0.717, 1.165) is 31.3 Å². The first-order valence-corrected chi connectivity index (χ1v) is 7.41. The van der Waals surface area contributed by atoms with E-state index >= 15 is 0 Å². The van der Waals surface area contributed by atoms with Gasteiger partial charge in [-0.15, -0.1) is 0 Å². The number of anilines is 1. The molecule has 1 unspecified atom stereocenters. The highest BCUT2D eigenvalue weighted by molar-refractivity contribution is 8.00. The molecule has 0 aromatic heterocycles. The fourth-order valence-electron chi connectivity index (χ4n) is 2.42. The summed E-state index contributed by atoms with van der Waals surface area (Å²) in [7, 11) is 0. The molecule has 0 saturated carbocycles. The van der Waals surface area contributed by atoms with E-state index in [0.29, 0.717) is 0 Å². The highest BCUT2D eigenvalue weighted by Gasteiger charge is 2.18. The Balaban J connectivity index is 2.23. The van der Waals surface area contributed by atoms with Gasteiger partial charge in [-0.3, -0.25) is 0 Å². The Morgan fingerprint density at radius 1 is 1.47 bits per heavy atom. The van der Waals surface area contributed by atoms with Crippen LogP contribution in [-0.2, 0) is 6.42 Å². The summed E-state index contributed by atoms with van der Waals surface area (Å²) in [5.74, 6) is 1.23. The Morgan fingerprint density at radius 2 is 2.29 bits per heavy atom. The van der Waals surface area contributed by atoms with Crippen LogP contribution in [0, 0.1) is 6.92 Å². The van der Waals surface area contributed by atoms with E-state index in [1.165, 1.54) is 22.6 Å². The van der Waals surface area contributed by atoms with Crippen molar-refractivity contribution >= 4 is 17.4 Å². The van der Waals surface area contributed by atoms with Crippen LogP contribution >= 0.6 is 11.8 Å². The van der Waals surface area contributed by atoms with Crippen LogP contribution in [-0.4, -0.2) is 30.6 Å². The number of hydrogen-bond donors (Lipinski definition) is 1. The van der Waals surface area contributed by atoms with Crippen LogP contribution in [0.3, 0.4) is 0 Å². The lowest BCUT2D eigenvalue weighted by molar-refractivity contribution is 0.775. The molecule has 2 N–H and O–H groups in total. The van der Waals surface area contributed by atoms with E-state index in [9.17, 15) is 0 Å². The molecule has 1 saturated heterocycles. The van der Waals surface area contributed by atoms with Gasteiger partial charge in [0.15, 0.2) is 0 Å². The van der Waals surface area contributed by atoms with E-state index in [1.807, 2.05) is 0 Å². The van der Waals surface area contributed by atoms with Gasteiger partial charge in [-0.25, -0.2) is 0 Å². The molecule has 0 spiro atoms. The molecule has 3 heteroatoms. The van der Waals surface area contributed by atoms with Gasteiger partial charge in [0.2, 0.25) is 0 Å². The zero-order valence-electron chi connectivity index (χ0n) is 10.8. The topological polar surface area (TPSA) is 29.3 Å². The minimum Gasteiger partial charge on any atom is -0.369 e. The van der Waals surface area contributed by atoms with Crippen molar-refractivity contribution < 1.29 is 0 Å². The number of benzene rings is 1. The van der Waals surface area contributed by atoms with Gasteiger partial charge in [-0.2, -0.15) is 11.8 Å². The average molecular weight is 250 g/mol. The van der Waals surface area contributed by atoms with Gasteiger partial charge >= 0.3 is 0 Å². The zero-order valence-corrected chi connectivity index (χ0v) is 11.6. The lowest BCUT2D eigenvalue weighted by Gasteiger charge is -2.34. The minimum atomic E-state index is 0.731. The SMILES string of the molecule is Cc1ccc(N2CCSC(C)C2)c(CCN)c1. The first-order valence-electron chi connectivity index (χ1n) is 6.37. The molecule has 0 aliphatic carbocycles. The van der Waals surface area contributed by atoms with Crippen LogP contribution in [0.1, 0.15) is 18.1 Å². The van der Waals surface area contributed by atoms with Crippen molar-refractivity contribution in [1.29, 1.82) is 0 Å². The van der Waals surface area contributed by atoms with Gasteiger partial charge in [0, 0.05) is 29.8 Å². The number of nitrogens with two attached hydrogens (primary N) is 1. The predicted molar refractivity (Wildman–Crippen MR) is 78.1 cm³/mol. The lowest BCUT2D eigenvalue weighted by atomic mass is 10.0. The largest absolute Gasteiger partial charge is 0.369 e. The van der Waals surface area contributed by atoms with E-state index in [-0.39, 0.29) is 0 Å². The maximum Gasteiger partial charge on any atom is 0.0400 e. The van der Waals surface area contributed by atoms with Gasteiger partial charge < -0.3 is 10.6 Å². The quantitative estimate of drug-likeness (QED) is 0.893. The third-order valence-electron chi connectivity index (χ3n) is 3.23. The van der Waals surface area contributed by atoms with Crippen LogP contribution < -0.4 is 10.6 Å². The first kappa shape index (κ1) is 12.8. The molecule has 1 aliphatic heterocycles. The molecule has 2 rings (SSSR count). The Bertz CT molecular complexity index is 378. The first-order chi connectivity index (χ1) is 8.20. The summed E-state index contributed by atoms with van der Waals surface area (Å²) in [6.45, 7) is 7.52. The molecule has 0 bridgehead atoms. The molecule has 1 aromatic carbocycles. The summed E-state index contributed by atoms with van der Waals surface area (Å²) in [5, 5.41) is 0.732. The zero-order chi connectivity index (χ0) is 12.3. The highest BCUT2D eigenvalue weighted by Crippen LogP contribution is 2.27. The van der Waals surface area contributed by atoms with Crippen LogP contribution in [0.25, 0.3) is 0 Å². The minimum absolute atomic E-state index is 0.731. The van der Waals surface area contributed by atoms with Crippen LogP contribution in [0.5, 0.6) is 0 Å². The second kappa shape index (κ2) is 5.78. The summed E-state index contributed by atoms with van der Waals surface area (Å²) in [6, 6.07) is 6.76. The maximum atomic E-state index is 5.71. The average Bonchev–Trinajstić information content (AvgIpc) is 2.29. The molecular weight excluding hydrogens is 228 g/mol. The molecule has 1 aromatic rings. The van der Waals surface area contributed by atoms with E-state index in [2.05, 4.69) is 48.7 Å². The van der Waals surface area contributed by atoms with Gasteiger partial charge in [-0.05, 0) is 31.5 Å². The Morgan fingerprint density at radius 3 is 3.00 bits per heavy atom. The third kappa shape index (κ3) is 3.17. The Hall–Kier alpha value is -0.670. The van der Waals surface area contributed by atoms with Crippen molar-refractivity contribution in [2.24, 2.45) is 5.73 Å². The highest BCUT2D eigenvalue weighted by atomic mass is 32.2. The van der Waals surface area contributed by atoms with Crippen molar-refractivity contribution in [3.8, 4) is 0 Å². The summed E-state index contributed by atoms with van der Waals surface area (Å²) < 4.78 is 0. The number of rotatable bonds is 3. The Kier molecular flexibility index (Phi) is 4.35. The smallest absolute Gasteiger partial charge is 0.0400 e. The molecule has 0 radical (unpaired) electrons. The number of hydrogen-bond acceptors (Lipinski definition) is 3. The van der Waals surface area contributed by atoms with Crippen molar-refractivity contribution in [1.82, 2.24) is 0 Å². The second-order valence-corrected chi connectivity index (χ2v) is 6.34. The number of nitrogens with zero attached hydrogens (tertiary/aromatic N) is 1. The molecule has 1 fully saturated rings. The molecule has 1 aliphatic rings. The predicted octanol–water partition coefficient (Wildman–Crippen LogP) is 2.44. The maximum absolute atomic E-state index is 5.71. The number of aryl methyl sites for hydroxylation is 1. The van der Waals surface area contributed by atoms with Gasteiger partial charge in [0.1, 0.15) is 0 Å². The van der Waals surface area contributed by atoms with Gasteiger partial charge in [0.05, 0.1) is 0 Å². The summed E-state index contributed by atoms with van der Waals surface area (Å²) >= 11 is 2.07. The van der Waals surface area contributed by atoms with Crippen LogP contribution in [0.2, 0.25) is 0 Å². The van der Waals surface area contributed by atoms with Crippen molar-refractivity contribution in [2.75, 3.05) is 30.3 Å². The van der Waals surface area contributed by atoms with Gasteiger partial charge in [0.25, 0.3) is 0 Å². The Labute approximate surface area is 109 Å². The lowest BCUT2D eigenvalue weighted by Crippen LogP contribution is -2.37. The summed E-state index contributed by atoms with van der Waals surface area (Å²) in [5.41, 5.74) is 9.85. The van der Waals surface area contributed by atoms with E-state index < -0.39 is 0 Å². The molecule has 2 nitrogen and oxygen atoms in total. The van der Waals surface area contributed by atoms with E-state index in [4.69, 9.17) is 5.73 Å². The molecule has 94 valence electrons. The fraction of sp³-hybridized carbons (Fsp3) is 0.571. The molecule has 0 amide bonds. The van der Waals surface area contributed by atoms with Crippen LogP contribution in [0.4, 0.5) is 5.69 Å². The monoisotopic (exact) mass is 250 g/mol.